The van der Waals surface area contributed by atoms with Gasteiger partial charge in [0.05, 0.1) is 18.9 Å². The molecule has 0 spiro atoms. The van der Waals surface area contributed by atoms with Crippen molar-refractivity contribution in [2.75, 3.05) is 26.3 Å². The van der Waals surface area contributed by atoms with Crippen LogP contribution in [0.2, 0.25) is 0 Å². The molecule has 32 heavy (non-hydrogen) atoms. The molecule has 1 fully saturated rings. The molecule has 1 saturated heterocycles. The summed E-state index contributed by atoms with van der Waals surface area (Å²) in [5.41, 5.74) is 6.44. The first-order chi connectivity index (χ1) is 15.2. The minimum atomic E-state index is -0.357. The topological polar surface area (TPSA) is 68.7 Å². The van der Waals surface area contributed by atoms with Crippen LogP contribution in [0.15, 0.2) is 44.1 Å². The average molecular weight is 453 g/mol. The summed E-state index contributed by atoms with van der Waals surface area (Å²) in [5, 5.41) is 1.98. The number of pyridine rings is 1. The van der Waals surface area contributed by atoms with Crippen molar-refractivity contribution in [3.8, 4) is 11.3 Å². The molecular weight excluding hydrogens is 428 g/mol. The van der Waals surface area contributed by atoms with E-state index in [4.69, 9.17) is 13.6 Å². The van der Waals surface area contributed by atoms with Gasteiger partial charge in [0.1, 0.15) is 11.3 Å². The molecule has 1 aliphatic carbocycles. The standard InChI is InChI=1S/C25H24N2O4.ClH/c1-15-25-19(18(13-26-15)14-27-5-7-29-8-6-27)11-23(31-25)21-12-24(28)30-22-10-17-4-2-3-16(17)9-20(21)22;/h9-13H,2-8,14H2,1H3;1H. The molecule has 0 radical (unpaired) electrons. The molecule has 0 amide bonds. The number of benzene rings is 1. The highest BCUT2D eigenvalue weighted by molar-refractivity contribution is 5.96. The van der Waals surface area contributed by atoms with Gasteiger partial charge in [0, 0.05) is 48.2 Å². The molecule has 4 heterocycles. The van der Waals surface area contributed by atoms with E-state index < -0.39 is 0 Å². The summed E-state index contributed by atoms with van der Waals surface area (Å²) >= 11 is 0. The van der Waals surface area contributed by atoms with Crippen LogP contribution in [0.4, 0.5) is 0 Å². The number of morpholine rings is 1. The molecule has 0 unspecified atom stereocenters. The van der Waals surface area contributed by atoms with Crippen LogP contribution in [0, 0.1) is 6.92 Å². The van der Waals surface area contributed by atoms with Crippen LogP contribution in [0.25, 0.3) is 33.3 Å². The van der Waals surface area contributed by atoms with Crippen molar-refractivity contribution >= 4 is 34.3 Å². The van der Waals surface area contributed by atoms with E-state index in [0.717, 1.165) is 85.3 Å². The molecule has 1 aromatic carbocycles. The molecule has 6 rings (SSSR count). The van der Waals surface area contributed by atoms with Gasteiger partial charge in [-0.15, -0.1) is 12.4 Å². The van der Waals surface area contributed by atoms with Crippen molar-refractivity contribution in [2.24, 2.45) is 0 Å². The fourth-order valence-electron chi connectivity index (χ4n) is 4.89. The van der Waals surface area contributed by atoms with Gasteiger partial charge < -0.3 is 13.6 Å². The zero-order valence-corrected chi connectivity index (χ0v) is 18.8. The highest BCUT2D eigenvalue weighted by atomic mass is 35.5. The summed E-state index contributed by atoms with van der Waals surface area (Å²) in [6.07, 6.45) is 5.19. The molecule has 0 saturated carbocycles. The van der Waals surface area contributed by atoms with Crippen LogP contribution >= 0.6 is 12.4 Å². The third kappa shape index (κ3) is 3.62. The van der Waals surface area contributed by atoms with Gasteiger partial charge in [-0.25, -0.2) is 4.79 Å². The molecular formula is C25H25ClN2O4. The van der Waals surface area contributed by atoms with Crippen LogP contribution in [-0.4, -0.2) is 36.2 Å². The first kappa shape index (κ1) is 21.2. The van der Waals surface area contributed by atoms with E-state index >= 15 is 0 Å². The van der Waals surface area contributed by atoms with E-state index in [1.807, 2.05) is 19.2 Å². The Morgan fingerprint density at radius 3 is 2.59 bits per heavy atom. The van der Waals surface area contributed by atoms with Gasteiger partial charge in [0.15, 0.2) is 5.58 Å². The second-order valence-corrected chi connectivity index (χ2v) is 8.56. The lowest BCUT2D eigenvalue weighted by atomic mass is 10.0. The number of rotatable bonds is 3. The van der Waals surface area contributed by atoms with E-state index in [1.165, 1.54) is 11.1 Å². The van der Waals surface area contributed by atoms with E-state index in [0.29, 0.717) is 11.3 Å². The first-order valence-electron chi connectivity index (χ1n) is 10.9. The summed E-state index contributed by atoms with van der Waals surface area (Å²) in [7, 11) is 0. The highest BCUT2D eigenvalue weighted by Gasteiger charge is 2.20. The number of hydrogen-bond donors (Lipinski definition) is 0. The number of nitrogens with zero attached hydrogens (tertiary/aromatic N) is 2. The van der Waals surface area contributed by atoms with Crippen molar-refractivity contribution in [3.63, 3.8) is 0 Å². The quantitative estimate of drug-likeness (QED) is 0.421. The van der Waals surface area contributed by atoms with Gasteiger partial charge in [0.25, 0.3) is 0 Å². The minimum Gasteiger partial charge on any atom is -0.454 e. The Labute approximate surface area is 191 Å². The largest absolute Gasteiger partial charge is 0.454 e. The summed E-state index contributed by atoms with van der Waals surface area (Å²) in [6.45, 7) is 6.10. The van der Waals surface area contributed by atoms with Gasteiger partial charge in [-0.1, -0.05) is 0 Å². The zero-order valence-electron chi connectivity index (χ0n) is 18.0. The van der Waals surface area contributed by atoms with Gasteiger partial charge in [-0.05, 0) is 61.1 Å². The fourth-order valence-corrected chi connectivity index (χ4v) is 4.89. The van der Waals surface area contributed by atoms with Crippen LogP contribution in [0.5, 0.6) is 0 Å². The van der Waals surface area contributed by atoms with Gasteiger partial charge in [0.2, 0.25) is 0 Å². The Bertz CT molecular complexity index is 1370. The molecule has 3 aromatic heterocycles. The lowest BCUT2D eigenvalue weighted by Gasteiger charge is -2.26. The lowest BCUT2D eigenvalue weighted by molar-refractivity contribution is 0.0343. The number of fused-ring (bicyclic) bond motifs is 3. The SMILES string of the molecule is Cc1ncc(CN2CCOCC2)c2cc(-c3cc(=O)oc4cc5c(cc34)CCC5)oc12.Cl. The number of halogens is 1. The maximum atomic E-state index is 12.4. The van der Waals surface area contributed by atoms with Gasteiger partial charge in [-0.2, -0.15) is 0 Å². The van der Waals surface area contributed by atoms with E-state index in [-0.39, 0.29) is 18.0 Å². The van der Waals surface area contributed by atoms with Crippen LogP contribution in [-0.2, 0) is 24.1 Å². The van der Waals surface area contributed by atoms with Gasteiger partial charge in [-0.3, -0.25) is 9.88 Å². The van der Waals surface area contributed by atoms with Crippen LogP contribution < -0.4 is 5.63 Å². The predicted octanol–water partition coefficient (Wildman–Crippen LogP) is 4.65. The van der Waals surface area contributed by atoms with E-state index in [9.17, 15) is 4.79 Å². The maximum absolute atomic E-state index is 12.4. The lowest BCUT2D eigenvalue weighted by Crippen LogP contribution is -2.35. The third-order valence-electron chi connectivity index (χ3n) is 6.54. The molecule has 7 heteroatoms. The third-order valence-corrected chi connectivity index (χ3v) is 6.54. The smallest absolute Gasteiger partial charge is 0.336 e. The van der Waals surface area contributed by atoms with Crippen LogP contribution in [0.3, 0.4) is 0 Å². The minimum absolute atomic E-state index is 0. The molecule has 6 nitrogen and oxygen atoms in total. The van der Waals surface area contributed by atoms with Crippen molar-refractivity contribution in [2.45, 2.75) is 32.7 Å². The molecule has 0 bridgehead atoms. The van der Waals surface area contributed by atoms with E-state index in [1.54, 1.807) is 6.07 Å². The fraction of sp³-hybridized carbons (Fsp3) is 0.360. The highest BCUT2D eigenvalue weighted by Crippen LogP contribution is 2.36. The summed E-state index contributed by atoms with van der Waals surface area (Å²) in [5.74, 6) is 0.685. The summed E-state index contributed by atoms with van der Waals surface area (Å²) in [4.78, 5) is 19.3. The second kappa shape index (κ2) is 8.35. The first-order valence-corrected chi connectivity index (χ1v) is 10.9. The van der Waals surface area contributed by atoms with Gasteiger partial charge >= 0.3 is 5.63 Å². The normalized spacial score (nSPS) is 16.4. The molecule has 166 valence electrons. The summed E-state index contributed by atoms with van der Waals surface area (Å²) < 4.78 is 17.3. The second-order valence-electron chi connectivity index (χ2n) is 8.56. The van der Waals surface area contributed by atoms with Crippen molar-refractivity contribution in [1.82, 2.24) is 9.88 Å². The molecule has 0 atom stereocenters. The Morgan fingerprint density at radius 2 is 1.78 bits per heavy atom. The summed E-state index contributed by atoms with van der Waals surface area (Å²) in [6, 6.07) is 7.80. The molecule has 1 aliphatic heterocycles. The monoisotopic (exact) mass is 452 g/mol. The Hall–Kier alpha value is -2.67. The predicted molar refractivity (Wildman–Crippen MR) is 126 cm³/mol. The molecule has 0 N–H and O–H groups in total. The van der Waals surface area contributed by atoms with E-state index in [2.05, 4.69) is 22.0 Å². The maximum Gasteiger partial charge on any atom is 0.336 e. The zero-order chi connectivity index (χ0) is 20.9. The average Bonchev–Trinajstić information content (AvgIpc) is 3.42. The Balaban J connectivity index is 0.00000216. The van der Waals surface area contributed by atoms with Crippen molar-refractivity contribution in [1.29, 1.82) is 0 Å². The van der Waals surface area contributed by atoms with Crippen LogP contribution in [0.1, 0.15) is 28.8 Å². The number of aryl methyl sites for hydroxylation is 3. The number of aromatic nitrogens is 1. The van der Waals surface area contributed by atoms with Crippen molar-refractivity contribution in [3.05, 3.63) is 63.3 Å². The number of ether oxygens (including phenoxy) is 1. The number of furan rings is 1. The number of hydrogen-bond acceptors (Lipinski definition) is 6. The molecule has 2 aliphatic rings. The Kier molecular flexibility index (Phi) is 5.53. The Morgan fingerprint density at radius 1 is 1.00 bits per heavy atom. The van der Waals surface area contributed by atoms with Crippen molar-refractivity contribution < 1.29 is 13.6 Å². The molecule has 4 aromatic rings.